The number of aromatic amines is 1. The molecule has 0 atom stereocenters. The van der Waals surface area contributed by atoms with Crippen molar-refractivity contribution >= 4 is 52.4 Å². The Morgan fingerprint density at radius 1 is 1.06 bits per heavy atom. The highest BCUT2D eigenvalue weighted by Crippen LogP contribution is 2.35. The molecule has 2 aromatic carbocycles. The van der Waals surface area contributed by atoms with Gasteiger partial charge in [-0.3, -0.25) is 9.69 Å². The fraction of sp³-hybridized carbons (Fsp3) is 0.160. The molecule has 2 aliphatic heterocycles. The molecule has 0 bridgehead atoms. The van der Waals surface area contributed by atoms with Crippen LogP contribution < -0.4 is 20.4 Å². The van der Waals surface area contributed by atoms with Crippen LogP contribution in [0.4, 0.5) is 32.3 Å². The lowest BCUT2D eigenvalue weighted by Crippen LogP contribution is -2.39. The van der Waals surface area contributed by atoms with E-state index in [0.717, 1.165) is 22.6 Å². The monoisotopic (exact) mass is 456 g/mol. The molecule has 5 amide bonds. The molecule has 1 aromatic heterocycles. The minimum atomic E-state index is -0.510. The van der Waals surface area contributed by atoms with Crippen LogP contribution in [0.15, 0.2) is 60.8 Å². The molecule has 5 rings (SSSR count). The van der Waals surface area contributed by atoms with Gasteiger partial charge in [0.2, 0.25) is 0 Å². The number of fused-ring (bicyclic) bond motifs is 1. The van der Waals surface area contributed by atoms with Crippen LogP contribution >= 0.6 is 0 Å². The summed E-state index contributed by atoms with van der Waals surface area (Å²) in [5.41, 5.74) is 4.99. The van der Waals surface area contributed by atoms with Gasteiger partial charge in [0.05, 0.1) is 17.8 Å². The number of hydrogen-bond donors (Lipinski definition) is 3. The van der Waals surface area contributed by atoms with E-state index in [1.54, 1.807) is 35.4 Å². The average Bonchev–Trinajstić information content (AvgIpc) is 3.54. The summed E-state index contributed by atoms with van der Waals surface area (Å²) in [4.78, 5) is 46.0. The number of nitrogens with zero attached hydrogens (tertiary/aromatic N) is 3. The third kappa shape index (κ3) is 3.88. The molecule has 172 valence electrons. The number of carbonyl (C=O) groups excluding carboxylic acids is 3. The number of benzene rings is 2. The smallest absolute Gasteiger partial charge is 0.332 e. The summed E-state index contributed by atoms with van der Waals surface area (Å²) < 4.78 is 0. The van der Waals surface area contributed by atoms with E-state index in [4.69, 9.17) is 0 Å². The van der Waals surface area contributed by atoms with Gasteiger partial charge in [-0.05, 0) is 54.6 Å². The molecule has 34 heavy (non-hydrogen) atoms. The summed E-state index contributed by atoms with van der Waals surface area (Å²) in [6, 6.07) is 15.7. The van der Waals surface area contributed by atoms with Crippen molar-refractivity contribution in [2.45, 2.75) is 0 Å². The zero-order valence-corrected chi connectivity index (χ0v) is 18.8. The second-order valence-corrected chi connectivity index (χ2v) is 8.32. The number of hydrogen-bond acceptors (Lipinski definition) is 4. The molecule has 3 heterocycles. The van der Waals surface area contributed by atoms with Gasteiger partial charge in [-0.1, -0.05) is 6.07 Å². The molecule has 0 unspecified atom stereocenters. The fourth-order valence-corrected chi connectivity index (χ4v) is 4.09. The largest absolute Gasteiger partial charge is 0.378 e. The number of aromatic nitrogens is 1. The van der Waals surface area contributed by atoms with Crippen LogP contribution in [0.1, 0.15) is 11.3 Å². The van der Waals surface area contributed by atoms with Gasteiger partial charge in [-0.2, -0.15) is 0 Å². The third-order valence-corrected chi connectivity index (χ3v) is 5.91. The SMILES string of the molecule is CN(C)c1ccc(N2CCN(C(=O)Nc3ccc4c(c3)NC(=O)/C4=C\c3ccc[nH]3)C2=O)cc1. The van der Waals surface area contributed by atoms with Gasteiger partial charge >= 0.3 is 12.1 Å². The van der Waals surface area contributed by atoms with Crippen LogP contribution in [0.2, 0.25) is 0 Å². The maximum Gasteiger partial charge on any atom is 0.332 e. The van der Waals surface area contributed by atoms with Crippen LogP contribution in [0.5, 0.6) is 0 Å². The number of amides is 5. The lowest BCUT2D eigenvalue weighted by Gasteiger charge is -2.19. The van der Waals surface area contributed by atoms with Gasteiger partial charge in [-0.25, -0.2) is 14.5 Å². The Labute approximate surface area is 196 Å². The molecule has 0 aliphatic carbocycles. The number of rotatable bonds is 4. The number of urea groups is 2. The summed E-state index contributed by atoms with van der Waals surface area (Å²) >= 11 is 0. The molecule has 1 fully saturated rings. The van der Waals surface area contributed by atoms with E-state index in [0.29, 0.717) is 23.5 Å². The van der Waals surface area contributed by atoms with Crippen LogP contribution in [-0.4, -0.2) is 55.0 Å². The number of anilines is 4. The van der Waals surface area contributed by atoms with Crippen molar-refractivity contribution in [2.24, 2.45) is 0 Å². The first kappa shape index (κ1) is 21.3. The molecule has 2 aliphatic rings. The van der Waals surface area contributed by atoms with Crippen molar-refractivity contribution < 1.29 is 14.4 Å². The van der Waals surface area contributed by atoms with E-state index < -0.39 is 6.03 Å². The van der Waals surface area contributed by atoms with E-state index in [-0.39, 0.29) is 18.5 Å². The van der Waals surface area contributed by atoms with Gasteiger partial charge in [0.15, 0.2) is 0 Å². The van der Waals surface area contributed by atoms with Gasteiger partial charge in [0.25, 0.3) is 5.91 Å². The highest BCUT2D eigenvalue weighted by Gasteiger charge is 2.34. The third-order valence-electron chi connectivity index (χ3n) is 5.91. The Kier molecular flexibility index (Phi) is 5.29. The van der Waals surface area contributed by atoms with E-state index in [1.807, 2.05) is 55.4 Å². The summed E-state index contributed by atoms with van der Waals surface area (Å²) in [5, 5.41) is 5.60. The van der Waals surface area contributed by atoms with Gasteiger partial charge < -0.3 is 20.5 Å². The fourth-order valence-electron chi connectivity index (χ4n) is 4.09. The minimum Gasteiger partial charge on any atom is -0.378 e. The van der Waals surface area contributed by atoms with Crippen LogP contribution in [0, 0.1) is 0 Å². The lowest BCUT2D eigenvalue weighted by atomic mass is 10.1. The zero-order valence-electron chi connectivity index (χ0n) is 18.8. The second kappa shape index (κ2) is 8.43. The summed E-state index contributed by atoms with van der Waals surface area (Å²) in [7, 11) is 3.90. The zero-order chi connectivity index (χ0) is 23.8. The topological polar surface area (TPSA) is 101 Å². The second-order valence-electron chi connectivity index (χ2n) is 8.32. The van der Waals surface area contributed by atoms with E-state index >= 15 is 0 Å². The van der Waals surface area contributed by atoms with Crippen LogP contribution in [-0.2, 0) is 4.79 Å². The molecular formula is C25H24N6O3. The number of nitrogens with one attached hydrogen (secondary N) is 3. The van der Waals surface area contributed by atoms with Crippen molar-refractivity contribution in [2.75, 3.05) is 47.6 Å². The molecule has 0 saturated carbocycles. The van der Waals surface area contributed by atoms with Crippen LogP contribution in [0.25, 0.3) is 11.6 Å². The Balaban J connectivity index is 1.28. The van der Waals surface area contributed by atoms with E-state index in [9.17, 15) is 14.4 Å². The molecule has 1 saturated heterocycles. The highest BCUT2D eigenvalue weighted by atomic mass is 16.2. The van der Waals surface area contributed by atoms with Gasteiger partial charge in [-0.15, -0.1) is 0 Å². The van der Waals surface area contributed by atoms with Crippen LogP contribution in [0.3, 0.4) is 0 Å². The van der Waals surface area contributed by atoms with Crippen molar-refractivity contribution in [3.8, 4) is 0 Å². The Bertz CT molecular complexity index is 1290. The maximum atomic E-state index is 12.9. The van der Waals surface area contributed by atoms with Gasteiger partial charge in [0.1, 0.15) is 0 Å². The molecule has 0 spiro atoms. The molecular weight excluding hydrogens is 432 g/mol. The molecule has 9 heteroatoms. The lowest BCUT2D eigenvalue weighted by molar-refractivity contribution is -0.110. The molecule has 0 radical (unpaired) electrons. The van der Waals surface area contributed by atoms with E-state index in [2.05, 4.69) is 15.6 Å². The van der Waals surface area contributed by atoms with Crippen molar-refractivity contribution in [1.82, 2.24) is 9.88 Å². The van der Waals surface area contributed by atoms with Gasteiger partial charge in [0, 0.05) is 55.2 Å². The first-order valence-electron chi connectivity index (χ1n) is 10.9. The summed E-state index contributed by atoms with van der Waals surface area (Å²) in [6.07, 6.45) is 3.57. The number of H-pyrrole nitrogens is 1. The molecule has 3 aromatic rings. The van der Waals surface area contributed by atoms with E-state index in [1.165, 1.54) is 4.90 Å². The average molecular weight is 457 g/mol. The first-order valence-corrected chi connectivity index (χ1v) is 10.9. The highest BCUT2D eigenvalue weighted by molar-refractivity contribution is 6.35. The quantitative estimate of drug-likeness (QED) is 0.516. The molecule has 3 N–H and O–H groups in total. The maximum absolute atomic E-state index is 12.9. The van der Waals surface area contributed by atoms with Crippen molar-refractivity contribution in [1.29, 1.82) is 0 Å². The predicted octanol–water partition coefficient (Wildman–Crippen LogP) is 4.05. The standard InChI is InChI=1S/C25H24N6O3/c1-29(2)18-6-8-19(9-7-18)30-12-13-31(25(30)34)24(33)27-17-5-10-20-21(14-16-4-3-11-26-16)23(32)28-22(20)15-17/h3-11,14-15,26H,12-13H2,1-2H3,(H,27,33)(H,28,32)/b21-14-. The Morgan fingerprint density at radius 3 is 2.56 bits per heavy atom. The predicted molar refractivity (Wildman–Crippen MR) is 133 cm³/mol. The first-order chi connectivity index (χ1) is 16.4. The summed E-state index contributed by atoms with van der Waals surface area (Å²) in [6.45, 7) is 0.700. The number of carbonyl (C=O) groups is 3. The Morgan fingerprint density at radius 2 is 1.85 bits per heavy atom. The minimum absolute atomic E-state index is 0.210. The molecule has 9 nitrogen and oxygen atoms in total. The van der Waals surface area contributed by atoms with Crippen molar-refractivity contribution in [3.05, 3.63) is 72.1 Å². The Hall–Kier alpha value is -4.53. The normalized spacial score (nSPS) is 16.1. The number of imide groups is 1. The summed E-state index contributed by atoms with van der Waals surface area (Å²) in [5.74, 6) is -0.210. The van der Waals surface area contributed by atoms with Crippen molar-refractivity contribution in [3.63, 3.8) is 0 Å².